The van der Waals surface area contributed by atoms with E-state index in [2.05, 4.69) is 0 Å². The fraction of sp³-hybridized carbons (Fsp3) is 0.538. The van der Waals surface area contributed by atoms with E-state index in [4.69, 9.17) is 14.9 Å². The van der Waals surface area contributed by atoms with Crippen LogP contribution in [-0.2, 0) is 11.3 Å². The molecular weight excluding hydrogens is 204 g/mol. The number of benzene rings is 1. The monoisotopic (exact) mass is 222 g/mol. The van der Waals surface area contributed by atoms with Crippen LogP contribution >= 0.6 is 0 Å². The highest BCUT2D eigenvalue weighted by Crippen LogP contribution is 2.42. The van der Waals surface area contributed by atoms with Gasteiger partial charge in [-0.05, 0) is 18.4 Å². The molecule has 0 radical (unpaired) electrons. The van der Waals surface area contributed by atoms with Gasteiger partial charge in [-0.2, -0.15) is 0 Å². The smallest absolute Gasteiger partial charge is 0.0720 e. The molecule has 3 nitrogen and oxygen atoms in total. The van der Waals surface area contributed by atoms with Crippen LogP contribution in [0.2, 0.25) is 0 Å². The first kappa shape index (κ1) is 11.6. The minimum atomic E-state index is -0.290. The second-order valence-electron chi connectivity index (χ2n) is 4.64. The Morgan fingerprint density at radius 2 is 1.75 bits per heavy atom. The maximum Gasteiger partial charge on any atom is 0.0720 e. The molecule has 0 unspecified atom stereocenters. The van der Waals surface area contributed by atoms with Gasteiger partial charge in [-0.15, -0.1) is 0 Å². The molecule has 2 rings (SSSR count). The molecule has 0 heterocycles. The van der Waals surface area contributed by atoms with Crippen molar-refractivity contribution in [2.24, 2.45) is 5.41 Å². The van der Waals surface area contributed by atoms with Crippen molar-refractivity contribution in [1.29, 1.82) is 0 Å². The topological polar surface area (TPSA) is 49.7 Å². The molecular formula is C13H18O3. The van der Waals surface area contributed by atoms with Gasteiger partial charge in [-0.1, -0.05) is 30.3 Å². The minimum absolute atomic E-state index is 0.0503. The number of hydrogen-bond acceptors (Lipinski definition) is 3. The van der Waals surface area contributed by atoms with Crippen molar-refractivity contribution in [3.8, 4) is 0 Å². The molecule has 0 atom stereocenters. The van der Waals surface area contributed by atoms with E-state index in [1.54, 1.807) is 0 Å². The Balaban J connectivity index is 1.74. The summed E-state index contributed by atoms with van der Waals surface area (Å²) in [7, 11) is 0. The van der Waals surface area contributed by atoms with Crippen molar-refractivity contribution in [1.82, 2.24) is 0 Å². The van der Waals surface area contributed by atoms with Crippen LogP contribution in [0.1, 0.15) is 18.4 Å². The normalized spacial score (nSPS) is 19.4. The van der Waals surface area contributed by atoms with Crippen LogP contribution in [0, 0.1) is 5.41 Å². The van der Waals surface area contributed by atoms with E-state index in [0.29, 0.717) is 6.61 Å². The predicted molar refractivity (Wildman–Crippen MR) is 60.9 cm³/mol. The minimum Gasteiger partial charge on any atom is -0.396 e. The van der Waals surface area contributed by atoms with E-state index in [9.17, 15) is 0 Å². The maximum atomic E-state index is 9.12. The number of hydrogen-bond donors (Lipinski definition) is 2. The van der Waals surface area contributed by atoms with Gasteiger partial charge < -0.3 is 14.9 Å². The van der Waals surface area contributed by atoms with Gasteiger partial charge in [0.2, 0.25) is 0 Å². The molecule has 0 aliphatic heterocycles. The Kier molecular flexibility index (Phi) is 3.59. The van der Waals surface area contributed by atoms with E-state index >= 15 is 0 Å². The highest BCUT2D eigenvalue weighted by Gasteiger charge is 2.43. The lowest BCUT2D eigenvalue weighted by molar-refractivity contribution is -0.127. The van der Waals surface area contributed by atoms with Crippen LogP contribution in [0.15, 0.2) is 30.3 Å². The SMILES string of the molecule is OCC1(CO)CC(OCc2ccccc2)C1. The van der Waals surface area contributed by atoms with Gasteiger partial charge >= 0.3 is 0 Å². The third-order valence-corrected chi connectivity index (χ3v) is 3.32. The molecule has 1 aromatic carbocycles. The van der Waals surface area contributed by atoms with Crippen LogP contribution in [-0.4, -0.2) is 29.5 Å². The highest BCUT2D eigenvalue weighted by molar-refractivity contribution is 5.13. The van der Waals surface area contributed by atoms with Gasteiger partial charge in [0, 0.05) is 5.41 Å². The van der Waals surface area contributed by atoms with Crippen LogP contribution in [0.3, 0.4) is 0 Å². The third-order valence-electron chi connectivity index (χ3n) is 3.32. The first-order valence-corrected chi connectivity index (χ1v) is 5.65. The summed E-state index contributed by atoms with van der Waals surface area (Å²) in [6, 6.07) is 10.0. The lowest BCUT2D eigenvalue weighted by atomic mass is 9.68. The number of aliphatic hydroxyl groups excluding tert-OH is 2. The summed E-state index contributed by atoms with van der Waals surface area (Å²) in [6.07, 6.45) is 1.69. The van der Waals surface area contributed by atoms with Crippen LogP contribution in [0.25, 0.3) is 0 Å². The van der Waals surface area contributed by atoms with Gasteiger partial charge in [-0.3, -0.25) is 0 Å². The van der Waals surface area contributed by atoms with Crippen molar-refractivity contribution in [2.75, 3.05) is 13.2 Å². The second kappa shape index (κ2) is 4.95. The van der Waals surface area contributed by atoms with E-state index in [0.717, 1.165) is 18.4 Å². The van der Waals surface area contributed by atoms with Gasteiger partial charge in [-0.25, -0.2) is 0 Å². The van der Waals surface area contributed by atoms with Crippen molar-refractivity contribution in [2.45, 2.75) is 25.6 Å². The Morgan fingerprint density at radius 3 is 2.31 bits per heavy atom. The van der Waals surface area contributed by atoms with Gasteiger partial charge in [0.05, 0.1) is 25.9 Å². The Bertz CT molecular complexity index is 311. The van der Waals surface area contributed by atoms with E-state index < -0.39 is 0 Å². The van der Waals surface area contributed by atoms with Gasteiger partial charge in [0.1, 0.15) is 0 Å². The third kappa shape index (κ3) is 2.43. The summed E-state index contributed by atoms with van der Waals surface area (Å²) in [5.74, 6) is 0. The zero-order valence-electron chi connectivity index (χ0n) is 9.30. The molecule has 88 valence electrons. The Labute approximate surface area is 95.7 Å². The molecule has 1 aliphatic carbocycles. The number of rotatable bonds is 5. The summed E-state index contributed by atoms with van der Waals surface area (Å²) in [4.78, 5) is 0. The van der Waals surface area contributed by atoms with Crippen molar-refractivity contribution < 1.29 is 14.9 Å². The summed E-state index contributed by atoms with van der Waals surface area (Å²) in [5, 5.41) is 18.2. The van der Waals surface area contributed by atoms with E-state index in [1.165, 1.54) is 0 Å². The summed E-state index contributed by atoms with van der Waals surface area (Å²) in [6.45, 7) is 0.710. The van der Waals surface area contributed by atoms with Crippen LogP contribution in [0.5, 0.6) is 0 Å². The highest BCUT2D eigenvalue weighted by atomic mass is 16.5. The number of aliphatic hydroxyl groups is 2. The summed E-state index contributed by atoms with van der Waals surface area (Å²) < 4.78 is 5.70. The molecule has 16 heavy (non-hydrogen) atoms. The lowest BCUT2D eigenvalue weighted by Crippen LogP contribution is -2.47. The number of ether oxygens (including phenoxy) is 1. The molecule has 0 bridgehead atoms. The lowest BCUT2D eigenvalue weighted by Gasteiger charge is -2.45. The molecule has 0 saturated heterocycles. The quantitative estimate of drug-likeness (QED) is 0.790. The molecule has 1 saturated carbocycles. The fourth-order valence-corrected chi connectivity index (χ4v) is 2.12. The van der Waals surface area contributed by atoms with Crippen LogP contribution in [0.4, 0.5) is 0 Å². The van der Waals surface area contributed by atoms with E-state index in [1.807, 2.05) is 30.3 Å². The standard InChI is InChI=1S/C13H18O3/c14-9-13(10-15)6-12(7-13)16-8-11-4-2-1-3-5-11/h1-5,12,14-15H,6-10H2. The van der Waals surface area contributed by atoms with Gasteiger partial charge in [0.25, 0.3) is 0 Å². The Hall–Kier alpha value is -0.900. The molecule has 1 aromatic rings. The fourth-order valence-electron chi connectivity index (χ4n) is 2.12. The average molecular weight is 222 g/mol. The second-order valence-corrected chi connectivity index (χ2v) is 4.64. The zero-order chi connectivity index (χ0) is 11.4. The van der Waals surface area contributed by atoms with Gasteiger partial charge in [0.15, 0.2) is 0 Å². The van der Waals surface area contributed by atoms with Crippen molar-refractivity contribution in [3.05, 3.63) is 35.9 Å². The molecule has 1 aliphatic rings. The largest absolute Gasteiger partial charge is 0.396 e. The van der Waals surface area contributed by atoms with Crippen LogP contribution < -0.4 is 0 Å². The summed E-state index contributed by atoms with van der Waals surface area (Å²) >= 11 is 0. The molecule has 0 amide bonds. The zero-order valence-corrected chi connectivity index (χ0v) is 9.30. The van der Waals surface area contributed by atoms with Crippen molar-refractivity contribution in [3.63, 3.8) is 0 Å². The first-order chi connectivity index (χ1) is 7.78. The molecule has 3 heteroatoms. The summed E-state index contributed by atoms with van der Waals surface area (Å²) in [5.41, 5.74) is 0.870. The maximum absolute atomic E-state index is 9.12. The average Bonchev–Trinajstić information content (AvgIpc) is 2.30. The molecule has 0 spiro atoms. The first-order valence-electron chi connectivity index (χ1n) is 5.65. The molecule has 2 N–H and O–H groups in total. The molecule has 1 fully saturated rings. The van der Waals surface area contributed by atoms with Crippen molar-refractivity contribution >= 4 is 0 Å². The van der Waals surface area contributed by atoms with E-state index in [-0.39, 0.29) is 24.7 Å². The predicted octanol–water partition coefficient (Wildman–Crippen LogP) is 1.34. The Morgan fingerprint density at radius 1 is 1.12 bits per heavy atom. The molecule has 0 aromatic heterocycles.